The summed E-state index contributed by atoms with van der Waals surface area (Å²) in [6, 6.07) is 0. The van der Waals surface area contributed by atoms with Gasteiger partial charge in [-0.3, -0.25) is 9.59 Å². The molecule has 4 rings (SSSR count). The van der Waals surface area contributed by atoms with Crippen LogP contribution in [0.5, 0.6) is 0 Å². The van der Waals surface area contributed by atoms with Gasteiger partial charge < -0.3 is 29.7 Å². The smallest absolute Gasteiger partial charge is 0.407 e. The molecule has 0 aromatic carbocycles. The predicted molar refractivity (Wildman–Crippen MR) is 263 cm³/mol. The molecule has 0 aromatic rings. The Kier molecular flexibility index (Phi) is 21.1. The molecular formula is C55H97N3O7. The lowest BCUT2D eigenvalue weighted by atomic mass is 9.47. The van der Waals surface area contributed by atoms with Crippen LogP contribution in [0, 0.1) is 52.3 Å². The molecule has 374 valence electrons. The molecule has 7 unspecified atom stereocenters. The van der Waals surface area contributed by atoms with E-state index in [1.807, 2.05) is 46.4 Å². The molecule has 0 heterocycles. The number of fused-ring (bicyclic) bond motifs is 5. The number of allylic oxidation sites excluding steroid dienone is 1. The van der Waals surface area contributed by atoms with Crippen molar-refractivity contribution in [3.05, 3.63) is 11.6 Å². The predicted octanol–water partition coefficient (Wildman–Crippen LogP) is 13.4. The summed E-state index contributed by atoms with van der Waals surface area (Å²) in [5, 5.41) is 5.63. The van der Waals surface area contributed by atoms with Crippen molar-refractivity contribution in [1.82, 2.24) is 15.5 Å². The number of carbonyl (C=O) groups is 4. The van der Waals surface area contributed by atoms with Crippen LogP contribution in [0.2, 0.25) is 0 Å². The number of amides is 3. The highest BCUT2D eigenvalue weighted by molar-refractivity contribution is 5.77. The minimum absolute atomic E-state index is 0.0431. The Bertz CT molecular complexity index is 1550. The van der Waals surface area contributed by atoms with Crippen molar-refractivity contribution in [1.29, 1.82) is 0 Å². The minimum Gasteiger partial charge on any atom is -0.462 e. The maximum Gasteiger partial charge on any atom is 0.407 e. The molecule has 2 N–H and O–H groups in total. The van der Waals surface area contributed by atoms with Crippen LogP contribution in [-0.4, -0.2) is 72.4 Å². The third-order valence-electron chi connectivity index (χ3n) is 16.5. The van der Waals surface area contributed by atoms with Gasteiger partial charge in [0, 0.05) is 45.4 Å². The maximum atomic E-state index is 13.6. The normalized spacial score (nSPS) is 27.3. The molecule has 4 aliphatic rings. The van der Waals surface area contributed by atoms with E-state index >= 15 is 0 Å². The average molecular weight is 912 g/mol. The zero-order valence-corrected chi connectivity index (χ0v) is 43.7. The van der Waals surface area contributed by atoms with Crippen molar-refractivity contribution in [2.75, 3.05) is 26.2 Å². The lowest BCUT2D eigenvalue weighted by Gasteiger charge is -2.58. The van der Waals surface area contributed by atoms with Crippen LogP contribution in [-0.2, 0) is 23.8 Å². The van der Waals surface area contributed by atoms with E-state index in [-0.39, 0.29) is 35.9 Å². The van der Waals surface area contributed by atoms with Gasteiger partial charge in [0.25, 0.3) is 0 Å². The van der Waals surface area contributed by atoms with E-state index in [2.05, 4.69) is 58.3 Å². The summed E-state index contributed by atoms with van der Waals surface area (Å²) in [6.07, 6.45) is 22.9. The molecule has 3 fully saturated rings. The summed E-state index contributed by atoms with van der Waals surface area (Å²) in [7, 11) is 0. The molecule has 0 spiro atoms. The molecule has 0 aromatic heterocycles. The summed E-state index contributed by atoms with van der Waals surface area (Å²) in [5.74, 6) is 5.49. The largest absolute Gasteiger partial charge is 0.462 e. The summed E-state index contributed by atoms with van der Waals surface area (Å²) in [6.45, 7) is 28.2. The lowest BCUT2D eigenvalue weighted by Crippen LogP contribution is -2.51. The van der Waals surface area contributed by atoms with Crippen LogP contribution < -0.4 is 10.6 Å². The number of hydrogen-bond donors (Lipinski definition) is 2. The van der Waals surface area contributed by atoms with Crippen molar-refractivity contribution in [3.8, 4) is 0 Å². The Morgan fingerprint density at radius 1 is 0.738 bits per heavy atom. The minimum atomic E-state index is -0.571. The SMILES string of the molecule is CC[C@H](CC[C@@H](C)C1CCC2C3CC=C4CC(OC(=O)CCCC(=O)N(CCCCCCCCNC(=O)OC(C)(C)C)CCCNC(=O)OC(C)(C)C)CCC4(C)C3CCC21C)C(C)C. The van der Waals surface area contributed by atoms with Crippen LogP contribution in [0.4, 0.5) is 9.59 Å². The van der Waals surface area contributed by atoms with Gasteiger partial charge in [0.1, 0.15) is 17.3 Å². The molecule has 0 bridgehead atoms. The second kappa shape index (κ2) is 25.0. The fourth-order valence-electron chi connectivity index (χ4n) is 13.0. The zero-order chi connectivity index (χ0) is 48.0. The highest BCUT2D eigenvalue weighted by Gasteiger charge is 2.59. The highest BCUT2D eigenvalue weighted by Crippen LogP contribution is 2.67. The quantitative estimate of drug-likeness (QED) is 0.0428. The van der Waals surface area contributed by atoms with E-state index < -0.39 is 17.3 Å². The third kappa shape index (κ3) is 16.7. The number of nitrogens with one attached hydrogen (secondary N) is 2. The number of alkyl carbamates (subject to hydrolysis) is 2. The maximum absolute atomic E-state index is 13.6. The standard InChI is InChI=1S/C55H97N3O7/c1-13-41(39(2)3)25-24-40(4)45-28-29-46-44-27-26-42-38-43(30-32-54(42,11)47(44)31-33-55(45,46)12)63-49(60)23-20-22-48(59)58(37-21-35-57-51(62)65-53(8,9)10)36-19-17-15-14-16-18-34-56-50(61)64-52(5,6)7/h26,39-41,43-47H,13-25,27-38H2,1-12H3,(H,56,61)(H,57,62)/t40-,41-,43?,44?,45?,46?,47?,54?,55?/m1/s1. The number of esters is 1. The van der Waals surface area contributed by atoms with Crippen LogP contribution in [0.3, 0.4) is 0 Å². The van der Waals surface area contributed by atoms with Crippen LogP contribution in [0.1, 0.15) is 218 Å². The van der Waals surface area contributed by atoms with Crippen LogP contribution in [0.15, 0.2) is 11.6 Å². The first-order valence-electron chi connectivity index (χ1n) is 26.7. The molecule has 4 aliphatic carbocycles. The van der Waals surface area contributed by atoms with Gasteiger partial charge in [0.05, 0.1) is 0 Å². The van der Waals surface area contributed by atoms with Crippen molar-refractivity contribution in [2.45, 2.75) is 235 Å². The van der Waals surface area contributed by atoms with Gasteiger partial charge in [0.15, 0.2) is 0 Å². The van der Waals surface area contributed by atoms with Gasteiger partial charge >= 0.3 is 18.2 Å². The lowest BCUT2D eigenvalue weighted by molar-refractivity contribution is -0.151. The van der Waals surface area contributed by atoms with Crippen LogP contribution >= 0.6 is 0 Å². The fraction of sp³-hybridized carbons (Fsp3) is 0.891. The highest BCUT2D eigenvalue weighted by atomic mass is 16.6. The number of carbonyl (C=O) groups excluding carboxylic acids is 4. The summed E-state index contributed by atoms with van der Waals surface area (Å²) < 4.78 is 16.8. The Labute approximate surface area is 397 Å². The summed E-state index contributed by atoms with van der Waals surface area (Å²) in [5.41, 5.74) is 1.14. The van der Waals surface area contributed by atoms with Gasteiger partial charge in [-0.2, -0.15) is 0 Å². The van der Waals surface area contributed by atoms with E-state index in [0.29, 0.717) is 50.9 Å². The van der Waals surface area contributed by atoms with Gasteiger partial charge in [0.2, 0.25) is 5.91 Å². The Hall–Kier alpha value is -2.78. The third-order valence-corrected chi connectivity index (χ3v) is 16.5. The number of nitrogens with zero attached hydrogens (tertiary/aromatic N) is 1. The topological polar surface area (TPSA) is 123 Å². The van der Waals surface area contributed by atoms with Crippen molar-refractivity contribution < 1.29 is 33.4 Å². The van der Waals surface area contributed by atoms with Crippen molar-refractivity contribution in [2.24, 2.45) is 52.3 Å². The second-order valence-electron chi connectivity index (χ2n) is 23.9. The molecule has 3 saturated carbocycles. The first-order valence-corrected chi connectivity index (χ1v) is 26.7. The molecule has 3 amide bonds. The second-order valence-corrected chi connectivity index (χ2v) is 23.9. The summed E-state index contributed by atoms with van der Waals surface area (Å²) >= 11 is 0. The van der Waals surface area contributed by atoms with Gasteiger partial charge in [-0.05, 0) is 171 Å². The average Bonchev–Trinajstić information content (AvgIpc) is 3.57. The Morgan fingerprint density at radius 2 is 1.35 bits per heavy atom. The van der Waals surface area contributed by atoms with E-state index in [0.717, 1.165) is 99.2 Å². The fourth-order valence-corrected chi connectivity index (χ4v) is 13.0. The number of rotatable bonds is 24. The molecule has 10 nitrogen and oxygen atoms in total. The molecule has 0 aliphatic heterocycles. The molecule has 10 heteroatoms. The number of ether oxygens (including phenoxy) is 3. The molecule has 9 atom stereocenters. The van der Waals surface area contributed by atoms with Gasteiger partial charge in [-0.1, -0.05) is 91.7 Å². The first kappa shape index (κ1) is 54.8. The van der Waals surface area contributed by atoms with E-state index in [1.54, 1.807) is 0 Å². The van der Waals surface area contributed by atoms with Crippen molar-refractivity contribution in [3.63, 3.8) is 0 Å². The molecule has 0 saturated heterocycles. The van der Waals surface area contributed by atoms with E-state index in [9.17, 15) is 19.2 Å². The Balaban J connectivity index is 1.21. The van der Waals surface area contributed by atoms with Gasteiger partial charge in [-0.25, -0.2) is 9.59 Å². The zero-order valence-electron chi connectivity index (χ0n) is 43.7. The van der Waals surface area contributed by atoms with Crippen LogP contribution in [0.25, 0.3) is 0 Å². The first-order chi connectivity index (χ1) is 30.6. The monoisotopic (exact) mass is 912 g/mol. The Morgan fingerprint density at radius 3 is 1.98 bits per heavy atom. The van der Waals surface area contributed by atoms with Gasteiger partial charge in [-0.15, -0.1) is 0 Å². The molecule has 0 radical (unpaired) electrons. The molecular weight excluding hydrogens is 815 g/mol. The number of hydrogen-bond acceptors (Lipinski definition) is 7. The van der Waals surface area contributed by atoms with E-state index in [1.165, 1.54) is 56.9 Å². The summed E-state index contributed by atoms with van der Waals surface area (Å²) in [4.78, 5) is 52.8. The number of unbranched alkanes of at least 4 members (excludes halogenated alkanes) is 5. The van der Waals surface area contributed by atoms with E-state index in [4.69, 9.17) is 14.2 Å². The van der Waals surface area contributed by atoms with Crippen molar-refractivity contribution >= 4 is 24.1 Å². The molecule has 65 heavy (non-hydrogen) atoms.